The van der Waals surface area contributed by atoms with E-state index in [2.05, 4.69) is 21.2 Å². The van der Waals surface area contributed by atoms with Crippen LogP contribution in [0.5, 0.6) is 0 Å². The van der Waals surface area contributed by atoms with Gasteiger partial charge in [-0.25, -0.2) is 0 Å². The van der Waals surface area contributed by atoms with Crippen LogP contribution in [0, 0.1) is 12.8 Å². The Balaban J connectivity index is 1.96. The average Bonchev–Trinajstić information content (AvgIpc) is 3.13. The highest BCUT2D eigenvalue weighted by Crippen LogP contribution is 2.35. The van der Waals surface area contributed by atoms with Crippen LogP contribution in [-0.4, -0.2) is 17.8 Å². The minimum absolute atomic E-state index is 0.0631. The summed E-state index contributed by atoms with van der Waals surface area (Å²) in [6, 6.07) is 5.66. The Morgan fingerprint density at radius 3 is 2.94 bits per heavy atom. The molecule has 0 radical (unpaired) electrons. The molecule has 2 nitrogen and oxygen atoms in total. The minimum Gasteiger partial charge on any atom is -0.351 e. The molecule has 0 saturated heterocycles. The lowest BCUT2D eigenvalue weighted by atomic mass is 10.1. The summed E-state index contributed by atoms with van der Waals surface area (Å²) in [6.45, 7) is 2.51. The summed E-state index contributed by atoms with van der Waals surface area (Å²) in [7, 11) is 0. The second-order valence-electron chi connectivity index (χ2n) is 4.50. The van der Waals surface area contributed by atoms with Crippen molar-refractivity contribution in [3.8, 4) is 0 Å². The number of carbonyl (C=O) groups is 1. The molecule has 0 aromatic heterocycles. The molecule has 1 aromatic carbocycles. The van der Waals surface area contributed by atoms with Crippen LogP contribution in [0.1, 0.15) is 28.8 Å². The molecule has 1 atom stereocenters. The first kappa shape index (κ1) is 12.9. The monoisotopic (exact) mass is 315 g/mol. The Bertz CT molecular complexity index is 431. The number of amides is 1. The van der Waals surface area contributed by atoms with Crippen molar-refractivity contribution in [1.29, 1.82) is 0 Å². The number of carbonyl (C=O) groups excluding carboxylic acids is 1. The van der Waals surface area contributed by atoms with Gasteiger partial charge in [0, 0.05) is 11.0 Å². The lowest BCUT2D eigenvalue weighted by Crippen LogP contribution is -2.30. The van der Waals surface area contributed by atoms with Crippen molar-refractivity contribution in [1.82, 2.24) is 5.32 Å². The molecule has 1 aliphatic rings. The van der Waals surface area contributed by atoms with Gasteiger partial charge in [-0.1, -0.05) is 12.1 Å². The molecule has 0 spiro atoms. The van der Waals surface area contributed by atoms with Crippen LogP contribution in [0.2, 0.25) is 0 Å². The highest BCUT2D eigenvalue weighted by molar-refractivity contribution is 9.10. The molecule has 1 N–H and O–H groups in total. The van der Waals surface area contributed by atoms with E-state index in [4.69, 9.17) is 11.6 Å². The van der Waals surface area contributed by atoms with Gasteiger partial charge < -0.3 is 5.32 Å². The van der Waals surface area contributed by atoms with Gasteiger partial charge in [0.25, 0.3) is 5.91 Å². The van der Waals surface area contributed by atoms with Crippen molar-refractivity contribution >= 4 is 33.4 Å². The van der Waals surface area contributed by atoms with Gasteiger partial charge >= 0.3 is 0 Å². The summed E-state index contributed by atoms with van der Waals surface area (Å²) >= 11 is 9.59. The Morgan fingerprint density at radius 2 is 2.29 bits per heavy atom. The predicted octanol–water partition coefficient (Wildman–Crippen LogP) is 3.50. The third kappa shape index (κ3) is 3.23. The van der Waals surface area contributed by atoms with E-state index in [1.165, 1.54) is 12.8 Å². The van der Waals surface area contributed by atoms with Crippen LogP contribution in [-0.2, 0) is 0 Å². The maximum atomic E-state index is 12.0. The molecule has 92 valence electrons. The molecular weight excluding hydrogens is 302 g/mol. The molecule has 1 fully saturated rings. The number of alkyl halides is 1. The van der Waals surface area contributed by atoms with E-state index in [0.717, 1.165) is 10.0 Å². The second-order valence-corrected chi connectivity index (χ2v) is 5.85. The third-order valence-corrected chi connectivity index (χ3v) is 4.59. The Labute approximate surface area is 115 Å². The maximum Gasteiger partial charge on any atom is 0.252 e. The van der Waals surface area contributed by atoms with E-state index in [9.17, 15) is 4.79 Å². The van der Waals surface area contributed by atoms with E-state index >= 15 is 0 Å². The Hall–Kier alpha value is -0.540. The zero-order valence-electron chi connectivity index (χ0n) is 9.67. The van der Waals surface area contributed by atoms with Gasteiger partial charge in [-0.15, -0.1) is 11.6 Å². The number of halogens is 2. The number of benzene rings is 1. The molecule has 1 saturated carbocycles. The molecule has 0 heterocycles. The summed E-state index contributed by atoms with van der Waals surface area (Å²) < 4.78 is 0.857. The largest absolute Gasteiger partial charge is 0.351 e. The van der Waals surface area contributed by atoms with E-state index < -0.39 is 0 Å². The summed E-state index contributed by atoms with van der Waals surface area (Å²) in [6.07, 6.45) is 2.39. The standard InChI is InChI=1S/C13H15BrClNO/c1-8-3-2-4-10(12(8)14)13(17)16-7-11(15)9-5-6-9/h2-4,9,11H,5-7H2,1H3,(H,16,17). The zero-order valence-corrected chi connectivity index (χ0v) is 12.0. The fourth-order valence-electron chi connectivity index (χ4n) is 1.73. The topological polar surface area (TPSA) is 29.1 Å². The van der Waals surface area contributed by atoms with Crippen molar-refractivity contribution in [2.75, 3.05) is 6.54 Å². The highest BCUT2D eigenvalue weighted by atomic mass is 79.9. The van der Waals surface area contributed by atoms with Crippen LogP contribution in [0.4, 0.5) is 0 Å². The fraction of sp³-hybridized carbons (Fsp3) is 0.462. The van der Waals surface area contributed by atoms with Crippen LogP contribution in [0.15, 0.2) is 22.7 Å². The molecule has 0 aliphatic heterocycles. The number of hydrogen-bond donors (Lipinski definition) is 1. The molecule has 1 amide bonds. The van der Waals surface area contributed by atoms with Crippen molar-refractivity contribution in [3.63, 3.8) is 0 Å². The summed E-state index contributed by atoms with van der Waals surface area (Å²) in [5.41, 5.74) is 1.73. The van der Waals surface area contributed by atoms with Crippen LogP contribution in [0.3, 0.4) is 0 Å². The van der Waals surface area contributed by atoms with Crippen molar-refractivity contribution < 1.29 is 4.79 Å². The molecule has 4 heteroatoms. The molecule has 0 bridgehead atoms. The smallest absolute Gasteiger partial charge is 0.252 e. The Kier molecular flexibility index (Phi) is 4.10. The quantitative estimate of drug-likeness (QED) is 0.846. The number of aryl methyl sites for hydroxylation is 1. The van der Waals surface area contributed by atoms with E-state index in [1.807, 2.05) is 25.1 Å². The first-order valence-electron chi connectivity index (χ1n) is 5.77. The van der Waals surface area contributed by atoms with E-state index in [1.54, 1.807) is 0 Å². The Morgan fingerprint density at radius 1 is 1.59 bits per heavy atom. The SMILES string of the molecule is Cc1cccc(C(=O)NCC(Cl)C2CC2)c1Br. The van der Waals surface area contributed by atoms with Crippen LogP contribution in [0.25, 0.3) is 0 Å². The van der Waals surface area contributed by atoms with Crippen molar-refractivity contribution in [2.24, 2.45) is 5.92 Å². The number of hydrogen-bond acceptors (Lipinski definition) is 1. The highest BCUT2D eigenvalue weighted by Gasteiger charge is 2.29. The predicted molar refractivity (Wildman–Crippen MR) is 73.6 cm³/mol. The van der Waals surface area contributed by atoms with Crippen LogP contribution >= 0.6 is 27.5 Å². The van der Waals surface area contributed by atoms with E-state index in [-0.39, 0.29) is 11.3 Å². The lowest BCUT2D eigenvalue weighted by molar-refractivity contribution is 0.0952. The first-order chi connectivity index (χ1) is 8.09. The first-order valence-corrected chi connectivity index (χ1v) is 7.00. The molecular formula is C13H15BrClNO. The van der Waals surface area contributed by atoms with E-state index in [0.29, 0.717) is 18.0 Å². The summed E-state index contributed by atoms with van der Waals surface area (Å²) in [5, 5.41) is 2.96. The fourth-order valence-corrected chi connectivity index (χ4v) is 2.51. The normalized spacial score (nSPS) is 16.6. The molecule has 1 aromatic rings. The summed E-state index contributed by atoms with van der Waals surface area (Å²) in [5.74, 6) is 0.532. The second kappa shape index (κ2) is 5.40. The molecule has 1 unspecified atom stereocenters. The van der Waals surface area contributed by atoms with Crippen molar-refractivity contribution in [2.45, 2.75) is 25.1 Å². The van der Waals surface area contributed by atoms with Gasteiger partial charge in [-0.3, -0.25) is 4.79 Å². The zero-order chi connectivity index (χ0) is 12.4. The third-order valence-electron chi connectivity index (χ3n) is 3.03. The van der Waals surface area contributed by atoms with Gasteiger partial charge in [0.15, 0.2) is 0 Å². The minimum atomic E-state index is -0.0631. The lowest BCUT2D eigenvalue weighted by Gasteiger charge is -2.11. The average molecular weight is 317 g/mol. The van der Waals surface area contributed by atoms with Crippen LogP contribution < -0.4 is 5.32 Å². The van der Waals surface area contributed by atoms with Gasteiger partial charge in [-0.2, -0.15) is 0 Å². The molecule has 1 aliphatic carbocycles. The van der Waals surface area contributed by atoms with Gasteiger partial charge in [-0.05, 0) is 53.2 Å². The summed E-state index contributed by atoms with van der Waals surface area (Å²) in [4.78, 5) is 12.0. The van der Waals surface area contributed by atoms with Gasteiger partial charge in [0.2, 0.25) is 0 Å². The molecule has 2 rings (SSSR count). The maximum absolute atomic E-state index is 12.0. The number of nitrogens with one attached hydrogen (secondary N) is 1. The van der Waals surface area contributed by atoms with Gasteiger partial charge in [0.05, 0.1) is 10.9 Å². The number of rotatable bonds is 4. The van der Waals surface area contributed by atoms with Crippen molar-refractivity contribution in [3.05, 3.63) is 33.8 Å². The van der Waals surface area contributed by atoms with Gasteiger partial charge in [0.1, 0.15) is 0 Å². The molecule has 17 heavy (non-hydrogen) atoms.